The van der Waals surface area contributed by atoms with Crippen molar-refractivity contribution in [3.05, 3.63) is 59.7 Å². The van der Waals surface area contributed by atoms with E-state index >= 15 is 0 Å². The van der Waals surface area contributed by atoms with Crippen LogP contribution in [0.5, 0.6) is 11.5 Å². The smallest absolute Gasteiger partial charge is 0.124 e. The van der Waals surface area contributed by atoms with Gasteiger partial charge in [-0.2, -0.15) is 0 Å². The van der Waals surface area contributed by atoms with Gasteiger partial charge in [0.1, 0.15) is 17.1 Å². The molecule has 2 aromatic rings. The standard InChI is InChI=1S/C22H28N2O2.ClH/c1-23-12-10-22(11-13-23)17-24(15-18-6-5-8-20(14-18)25-2)16-19-7-3-4-9-21(19)26-22;/h3-9,14H,10-13,15-17H2,1-2H3;1H. The molecule has 0 aromatic heterocycles. The summed E-state index contributed by atoms with van der Waals surface area (Å²) in [5.41, 5.74) is 2.48. The third-order valence-corrected chi connectivity index (χ3v) is 5.64. The van der Waals surface area contributed by atoms with E-state index in [1.165, 1.54) is 11.1 Å². The normalized spacial score (nSPS) is 19.5. The van der Waals surface area contributed by atoms with Crippen molar-refractivity contribution in [1.29, 1.82) is 0 Å². The molecular weight excluding hydrogens is 360 g/mol. The minimum Gasteiger partial charge on any atom is -0.497 e. The number of halogens is 1. The highest BCUT2D eigenvalue weighted by Crippen LogP contribution is 2.35. The SMILES string of the molecule is COc1cccc(CN2Cc3ccccc3OC3(CCN(C)CC3)C2)c1.Cl. The van der Waals surface area contributed by atoms with E-state index in [4.69, 9.17) is 9.47 Å². The van der Waals surface area contributed by atoms with Crippen LogP contribution >= 0.6 is 12.4 Å². The van der Waals surface area contributed by atoms with Gasteiger partial charge in [-0.3, -0.25) is 4.90 Å². The lowest BCUT2D eigenvalue weighted by molar-refractivity contribution is -0.0146. The average molecular weight is 389 g/mol. The molecule has 27 heavy (non-hydrogen) atoms. The van der Waals surface area contributed by atoms with Crippen LogP contribution in [0.1, 0.15) is 24.0 Å². The maximum absolute atomic E-state index is 6.65. The number of nitrogens with zero attached hydrogens (tertiary/aromatic N) is 2. The van der Waals surface area contributed by atoms with Crippen LogP contribution in [0, 0.1) is 0 Å². The molecule has 2 aliphatic heterocycles. The first-order valence-corrected chi connectivity index (χ1v) is 9.47. The van der Waals surface area contributed by atoms with Crippen molar-refractivity contribution in [2.45, 2.75) is 31.5 Å². The number of likely N-dealkylation sites (tertiary alicyclic amines) is 1. The van der Waals surface area contributed by atoms with Crippen molar-refractivity contribution in [2.24, 2.45) is 0 Å². The van der Waals surface area contributed by atoms with Crippen molar-refractivity contribution in [2.75, 3.05) is 33.8 Å². The molecule has 2 heterocycles. The molecule has 4 nitrogen and oxygen atoms in total. The van der Waals surface area contributed by atoms with Gasteiger partial charge in [-0.1, -0.05) is 30.3 Å². The van der Waals surface area contributed by atoms with E-state index in [1.807, 2.05) is 6.07 Å². The Balaban J connectivity index is 0.00000210. The Morgan fingerprint density at radius 1 is 1.07 bits per heavy atom. The number of hydrogen-bond acceptors (Lipinski definition) is 4. The lowest BCUT2D eigenvalue weighted by Crippen LogP contribution is -2.52. The number of para-hydroxylation sites is 1. The maximum atomic E-state index is 6.65. The zero-order valence-electron chi connectivity index (χ0n) is 16.2. The van der Waals surface area contributed by atoms with Crippen LogP contribution in [0.15, 0.2) is 48.5 Å². The molecule has 0 amide bonds. The fourth-order valence-corrected chi connectivity index (χ4v) is 4.13. The summed E-state index contributed by atoms with van der Waals surface area (Å²) < 4.78 is 12.1. The molecule has 1 spiro atoms. The average Bonchev–Trinajstić information content (AvgIpc) is 2.80. The number of fused-ring (bicyclic) bond motifs is 1. The van der Waals surface area contributed by atoms with Gasteiger partial charge < -0.3 is 14.4 Å². The van der Waals surface area contributed by atoms with Crippen molar-refractivity contribution >= 4 is 12.4 Å². The van der Waals surface area contributed by atoms with Gasteiger partial charge >= 0.3 is 0 Å². The molecule has 0 radical (unpaired) electrons. The Morgan fingerprint density at radius 3 is 2.63 bits per heavy atom. The summed E-state index contributed by atoms with van der Waals surface area (Å²) >= 11 is 0. The molecule has 1 fully saturated rings. The Hall–Kier alpha value is -1.75. The molecule has 1 saturated heterocycles. The number of rotatable bonds is 3. The molecule has 2 aliphatic rings. The second kappa shape index (κ2) is 8.51. The minimum absolute atomic E-state index is 0. The van der Waals surface area contributed by atoms with Crippen molar-refractivity contribution < 1.29 is 9.47 Å². The van der Waals surface area contributed by atoms with Gasteiger partial charge in [-0.25, -0.2) is 0 Å². The van der Waals surface area contributed by atoms with Crippen LogP contribution < -0.4 is 9.47 Å². The number of hydrogen-bond donors (Lipinski definition) is 0. The predicted octanol–water partition coefficient (Wildman–Crippen LogP) is 3.98. The largest absolute Gasteiger partial charge is 0.497 e. The summed E-state index contributed by atoms with van der Waals surface area (Å²) in [6.07, 6.45) is 2.15. The summed E-state index contributed by atoms with van der Waals surface area (Å²) in [6, 6.07) is 16.9. The van der Waals surface area contributed by atoms with E-state index in [1.54, 1.807) is 7.11 Å². The monoisotopic (exact) mass is 388 g/mol. The van der Waals surface area contributed by atoms with E-state index in [0.717, 1.165) is 57.1 Å². The molecular formula is C22H29ClN2O2. The highest BCUT2D eigenvalue weighted by atomic mass is 35.5. The number of piperidine rings is 1. The molecule has 0 bridgehead atoms. The highest BCUT2D eigenvalue weighted by molar-refractivity contribution is 5.85. The molecule has 4 rings (SSSR count). The Kier molecular flexibility index (Phi) is 6.30. The van der Waals surface area contributed by atoms with Crippen molar-refractivity contribution in [3.8, 4) is 11.5 Å². The van der Waals surface area contributed by atoms with Crippen molar-refractivity contribution in [1.82, 2.24) is 9.80 Å². The summed E-state index contributed by atoms with van der Waals surface area (Å²) in [4.78, 5) is 4.93. The van der Waals surface area contributed by atoms with Crippen LogP contribution in [0.25, 0.3) is 0 Å². The van der Waals surface area contributed by atoms with Crippen molar-refractivity contribution in [3.63, 3.8) is 0 Å². The van der Waals surface area contributed by atoms with E-state index in [-0.39, 0.29) is 18.0 Å². The second-order valence-corrected chi connectivity index (χ2v) is 7.69. The van der Waals surface area contributed by atoms with Crippen LogP contribution in [-0.4, -0.2) is 49.2 Å². The van der Waals surface area contributed by atoms with Gasteiger partial charge in [0, 0.05) is 51.1 Å². The van der Waals surface area contributed by atoms with Crippen LogP contribution in [0.3, 0.4) is 0 Å². The second-order valence-electron chi connectivity index (χ2n) is 7.69. The summed E-state index contributed by atoms with van der Waals surface area (Å²) in [7, 11) is 3.92. The molecule has 0 unspecified atom stereocenters. The molecule has 2 aromatic carbocycles. The van der Waals surface area contributed by atoms with Crippen LogP contribution in [0.4, 0.5) is 0 Å². The fraction of sp³-hybridized carbons (Fsp3) is 0.455. The zero-order chi connectivity index (χ0) is 18.0. The fourth-order valence-electron chi connectivity index (χ4n) is 4.13. The van der Waals surface area contributed by atoms with Gasteiger partial charge in [-0.15, -0.1) is 12.4 Å². The summed E-state index contributed by atoms with van der Waals surface area (Å²) in [5, 5.41) is 0. The molecule has 146 valence electrons. The molecule has 0 saturated carbocycles. The number of ether oxygens (including phenoxy) is 2. The lowest BCUT2D eigenvalue weighted by Gasteiger charge is -2.42. The van der Waals surface area contributed by atoms with Gasteiger partial charge in [0.25, 0.3) is 0 Å². The van der Waals surface area contributed by atoms with Crippen LogP contribution in [-0.2, 0) is 13.1 Å². The van der Waals surface area contributed by atoms with E-state index in [9.17, 15) is 0 Å². The quantitative estimate of drug-likeness (QED) is 0.794. The molecule has 0 N–H and O–H groups in total. The van der Waals surface area contributed by atoms with Gasteiger partial charge in [0.05, 0.1) is 7.11 Å². The number of benzene rings is 2. The minimum atomic E-state index is -0.0853. The maximum Gasteiger partial charge on any atom is 0.124 e. The Labute approximate surface area is 168 Å². The third-order valence-electron chi connectivity index (χ3n) is 5.64. The van der Waals surface area contributed by atoms with E-state index < -0.39 is 0 Å². The summed E-state index contributed by atoms with van der Waals surface area (Å²) in [6.45, 7) is 4.98. The van der Waals surface area contributed by atoms with Gasteiger partial charge in [0.15, 0.2) is 0 Å². The number of methoxy groups -OCH3 is 1. The highest BCUT2D eigenvalue weighted by Gasteiger charge is 2.40. The zero-order valence-corrected chi connectivity index (χ0v) is 17.0. The third kappa shape index (κ3) is 4.57. The first-order chi connectivity index (χ1) is 12.7. The first-order valence-electron chi connectivity index (χ1n) is 9.47. The van der Waals surface area contributed by atoms with Gasteiger partial charge in [-0.05, 0) is 30.8 Å². The summed E-state index contributed by atoms with van der Waals surface area (Å²) in [5.74, 6) is 1.98. The first kappa shape index (κ1) is 20.0. The Morgan fingerprint density at radius 2 is 1.85 bits per heavy atom. The lowest BCUT2D eigenvalue weighted by atomic mass is 9.90. The van der Waals surface area contributed by atoms with Gasteiger partial charge in [0.2, 0.25) is 0 Å². The topological polar surface area (TPSA) is 24.9 Å². The Bertz CT molecular complexity index is 759. The molecule has 0 aliphatic carbocycles. The molecule has 5 heteroatoms. The van der Waals surface area contributed by atoms with E-state index in [2.05, 4.69) is 59.3 Å². The predicted molar refractivity (Wildman–Crippen MR) is 111 cm³/mol. The van der Waals surface area contributed by atoms with Crippen LogP contribution in [0.2, 0.25) is 0 Å². The molecule has 0 atom stereocenters. The van der Waals surface area contributed by atoms with E-state index in [0.29, 0.717) is 0 Å².